The molecule has 5 aromatic rings. The molecule has 0 N–H and O–H groups in total. The van der Waals surface area contributed by atoms with Crippen molar-refractivity contribution in [3.05, 3.63) is 77.2 Å². The molecule has 1 aliphatic rings. The van der Waals surface area contributed by atoms with Crippen LogP contribution in [0.25, 0.3) is 43.6 Å². The fraction of sp³-hybridized carbons (Fsp3) is 0.343. The van der Waals surface area contributed by atoms with Gasteiger partial charge < -0.3 is 4.74 Å². The third-order valence-corrected chi connectivity index (χ3v) is 7.74. The summed E-state index contributed by atoms with van der Waals surface area (Å²) < 4.78 is 23.4. The summed E-state index contributed by atoms with van der Waals surface area (Å²) in [4.78, 5) is 0. The lowest BCUT2D eigenvalue weighted by Crippen LogP contribution is -2.32. The zero-order valence-corrected chi connectivity index (χ0v) is 23.8. The molecule has 4 aromatic carbocycles. The van der Waals surface area contributed by atoms with Crippen LogP contribution in [0.2, 0.25) is 0 Å². The Bertz CT molecular complexity index is 1780. The lowest BCUT2D eigenvalue weighted by Gasteiger charge is -2.28. The minimum absolute atomic E-state index is 0.0738. The van der Waals surface area contributed by atoms with Crippen LogP contribution >= 0.6 is 0 Å². The van der Waals surface area contributed by atoms with Crippen molar-refractivity contribution in [1.29, 1.82) is 0 Å². The number of hydrogen-bond acceptors (Lipinski definition) is 1. The van der Waals surface area contributed by atoms with Gasteiger partial charge in [-0.2, -0.15) is 0 Å². The van der Waals surface area contributed by atoms with Crippen molar-refractivity contribution in [2.45, 2.75) is 61.3 Å². The van der Waals surface area contributed by atoms with Gasteiger partial charge >= 0.3 is 0 Å². The second kappa shape index (κ2) is 8.27. The predicted molar refractivity (Wildman–Crippen MR) is 157 cm³/mol. The van der Waals surface area contributed by atoms with E-state index in [-0.39, 0.29) is 16.6 Å². The summed E-state index contributed by atoms with van der Waals surface area (Å²) >= 11 is 0. The zero-order chi connectivity index (χ0) is 27.1. The molecule has 0 saturated carbocycles. The topological polar surface area (TPSA) is 13.1 Å². The first-order valence-corrected chi connectivity index (χ1v) is 13.6. The van der Waals surface area contributed by atoms with Crippen molar-refractivity contribution < 1.29 is 13.7 Å². The van der Waals surface area contributed by atoms with Gasteiger partial charge in [-0.15, -0.1) is 0 Å². The van der Waals surface area contributed by atoms with Crippen LogP contribution in [-0.4, -0.2) is 0 Å². The summed E-state index contributed by atoms with van der Waals surface area (Å²) in [6.07, 6.45) is 4.05. The van der Waals surface area contributed by atoms with E-state index in [0.717, 1.165) is 45.9 Å². The quantitative estimate of drug-likeness (QED) is 0.168. The Morgan fingerprint density at radius 1 is 0.789 bits per heavy atom. The van der Waals surface area contributed by atoms with E-state index in [1.807, 2.05) is 12.1 Å². The predicted octanol–water partition coefficient (Wildman–Crippen LogP) is 9.37. The molecule has 0 aliphatic carbocycles. The average Bonchev–Trinajstić information content (AvgIpc) is 2.81. The van der Waals surface area contributed by atoms with E-state index in [0.29, 0.717) is 0 Å². The lowest BCUT2D eigenvalue weighted by molar-refractivity contribution is -0.659. The standard InChI is InChI=1S/C35H37FNO/c1-20-27-15-21(18-34(2,3)4)9-11-25(27)28(19-35(5,6)7)33-30(20)32-31-26(13-14-37(32)8)24-12-10-23(36)16-22(24)17-29(31)38-33/h9-17H,18-19H2,1-8H3/q+1. The van der Waals surface area contributed by atoms with Gasteiger partial charge in [-0.05, 0) is 81.5 Å². The van der Waals surface area contributed by atoms with Crippen molar-refractivity contribution in [2.24, 2.45) is 17.9 Å². The molecule has 0 atom stereocenters. The van der Waals surface area contributed by atoms with Gasteiger partial charge in [0.15, 0.2) is 6.20 Å². The molecule has 0 saturated heterocycles. The van der Waals surface area contributed by atoms with Crippen LogP contribution < -0.4 is 9.30 Å². The summed E-state index contributed by atoms with van der Waals surface area (Å²) in [6.45, 7) is 16.0. The van der Waals surface area contributed by atoms with Gasteiger partial charge in [-0.25, -0.2) is 8.96 Å². The van der Waals surface area contributed by atoms with Gasteiger partial charge in [-0.1, -0.05) is 65.8 Å². The lowest BCUT2D eigenvalue weighted by atomic mass is 9.80. The van der Waals surface area contributed by atoms with Gasteiger partial charge in [0, 0.05) is 17.0 Å². The van der Waals surface area contributed by atoms with E-state index in [2.05, 4.69) is 90.5 Å². The Kier molecular flexibility index (Phi) is 5.41. The maximum absolute atomic E-state index is 14.2. The fourth-order valence-corrected chi connectivity index (χ4v) is 6.29. The van der Waals surface area contributed by atoms with Crippen LogP contribution in [-0.2, 0) is 19.9 Å². The molecule has 3 heteroatoms. The normalized spacial score (nSPS) is 13.3. The van der Waals surface area contributed by atoms with Gasteiger partial charge in [0.25, 0.3) is 0 Å². The minimum atomic E-state index is -0.233. The van der Waals surface area contributed by atoms with Crippen molar-refractivity contribution >= 4 is 32.3 Å². The average molecular weight is 507 g/mol. The van der Waals surface area contributed by atoms with E-state index < -0.39 is 0 Å². The monoisotopic (exact) mass is 506 g/mol. The second-order valence-electron chi connectivity index (χ2n) is 13.6. The molecule has 1 aliphatic heterocycles. The van der Waals surface area contributed by atoms with Crippen LogP contribution in [0.15, 0.2) is 54.7 Å². The first kappa shape index (κ1) is 24.9. The van der Waals surface area contributed by atoms with E-state index >= 15 is 0 Å². The molecule has 2 heterocycles. The van der Waals surface area contributed by atoms with Gasteiger partial charge in [0.05, 0.1) is 10.9 Å². The smallest absolute Gasteiger partial charge is 0.228 e. The van der Waals surface area contributed by atoms with Gasteiger partial charge in [-0.3, -0.25) is 0 Å². The van der Waals surface area contributed by atoms with Crippen LogP contribution in [0.3, 0.4) is 0 Å². The Hall–Kier alpha value is -3.46. The van der Waals surface area contributed by atoms with Gasteiger partial charge in [0.2, 0.25) is 5.69 Å². The molecule has 194 valence electrons. The molecule has 38 heavy (non-hydrogen) atoms. The summed E-state index contributed by atoms with van der Waals surface area (Å²) in [5.41, 5.74) is 6.48. The van der Waals surface area contributed by atoms with Crippen LogP contribution in [0.4, 0.5) is 4.39 Å². The molecule has 0 amide bonds. The van der Waals surface area contributed by atoms with Crippen LogP contribution in [0.1, 0.15) is 58.2 Å². The number of rotatable bonds is 2. The molecule has 0 spiro atoms. The van der Waals surface area contributed by atoms with E-state index in [4.69, 9.17) is 4.74 Å². The number of aryl methyl sites for hydroxylation is 2. The molecule has 0 bridgehead atoms. The maximum atomic E-state index is 14.2. The summed E-state index contributed by atoms with van der Waals surface area (Å²) in [5, 5.41) is 6.65. The summed E-state index contributed by atoms with van der Waals surface area (Å²) in [7, 11) is 2.12. The zero-order valence-electron chi connectivity index (χ0n) is 23.8. The molecule has 2 nitrogen and oxygen atoms in total. The van der Waals surface area contributed by atoms with E-state index in [1.165, 1.54) is 38.7 Å². The third-order valence-electron chi connectivity index (χ3n) is 7.74. The van der Waals surface area contributed by atoms with Crippen molar-refractivity contribution in [3.8, 4) is 22.8 Å². The SMILES string of the molecule is Cc1c2c(c(CC(C)(C)C)c3ccc(CC(C)(C)C)cc13)Oc1cc3cc(F)ccc3c3cc[n+](C)c-2c13. The highest BCUT2D eigenvalue weighted by molar-refractivity contribution is 6.16. The van der Waals surface area contributed by atoms with Crippen LogP contribution in [0, 0.1) is 23.6 Å². The number of hydrogen-bond donors (Lipinski definition) is 0. The molecule has 6 rings (SSSR count). The minimum Gasteiger partial charge on any atom is -0.455 e. The summed E-state index contributed by atoms with van der Waals surface area (Å²) in [6, 6.07) is 16.2. The van der Waals surface area contributed by atoms with Crippen molar-refractivity contribution in [3.63, 3.8) is 0 Å². The number of ether oxygens (including phenoxy) is 1. The first-order chi connectivity index (χ1) is 17.8. The molecule has 1 aromatic heterocycles. The highest BCUT2D eigenvalue weighted by Gasteiger charge is 2.34. The molecule has 0 fully saturated rings. The maximum Gasteiger partial charge on any atom is 0.228 e. The number of fused-ring (bicyclic) bond motifs is 5. The van der Waals surface area contributed by atoms with Crippen molar-refractivity contribution in [1.82, 2.24) is 0 Å². The largest absolute Gasteiger partial charge is 0.455 e. The molecule has 0 unspecified atom stereocenters. The van der Waals surface area contributed by atoms with Crippen molar-refractivity contribution in [2.75, 3.05) is 0 Å². The first-order valence-electron chi connectivity index (χ1n) is 13.6. The molecular weight excluding hydrogens is 469 g/mol. The Morgan fingerprint density at radius 3 is 2.21 bits per heavy atom. The fourth-order valence-electron chi connectivity index (χ4n) is 6.29. The summed E-state index contributed by atoms with van der Waals surface area (Å²) in [5.74, 6) is 1.51. The third kappa shape index (κ3) is 4.04. The number of nitrogens with zero attached hydrogens (tertiary/aromatic N) is 1. The van der Waals surface area contributed by atoms with Gasteiger partial charge in [0.1, 0.15) is 24.4 Å². The molecule has 0 radical (unpaired) electrons. The van der Waals surface area contributed by atoms with E-state index in [1.54, 1.807) is 12.1 Å². The number of benzene rings is 4. The Morgan fingerprint density at radius 2 is 1.50 bits per heavy atom. The second-order valence-corrected chi connectivity index (χ2v) is 13.6. The van der Waals surface area contributed by atoms with Crippen LogP contribution in [0.5, 0.6) is 11.5 Å². The molecular formula is C35H37FNO+. The Labute approximate surface area is 225 Å². The Balaban J connectivity index is 1.75. The number of halogens is 1. The highest BCUT2D eigenvalue weighted by atomic mass is 19.1. The number of pyridine rings is 1. The highest BCUT2D eigenvalue weighted by Crippen LogP contribution is 2.52. The van der Waals surface area contributed by atoms with E-state index in [9.17, 15) is 4.39 Å². The number of aromatic nitrogens is 1.